The van der Waals surface area contributed by atoms with Crippen LogP contribution < -0.4 is 10.0 Å². The number of hydrogen-bond acceptors (Lipinski definition) is 7. The summed E-state index contributed by atoms with van der Waals surface area (Å²) in [6.45, 7) is 4.42. The molecule has 0 fully saturated rings. The molecule has 0 saturated heterocycles. The highest BCUT2D eigenvalue weighted by Crippen LogP contribution is 2.40. The lowest BCUT2D eigenvalue weighted by atomic mass is 9.80. The molecule has 1 unspecified atom stereocenters. The number of halogens is 3. The molecule has 186 valence electrons. The Bertz CT molecular complexity index is 1170. The minimum absolute atomic E-state index is 0.168. The van der Waals surface area contributed by atoms with Crippen molar-refractivity contribution in [3.05, 3.63) is 74.0 Å². The van der Waals surface area contributed by atoms with Crippen LogP contribution in [0, 0.1) is 10.1 Å². The highest BCUT2D eigenvalue weighted by molar-refractivity contribution is 7.92. The summed E-state index contributed by atoms with van der Waals surface area (Å²) in [7, 11) is -3.89. The number of carbonyl (C=O) groups excluding carboxylic acids is 1. The molecule has 1 aliphatic heterocycles. The summed E-state index contributed by atoms with van der Waals surface area (Å²) in [6.07, 6.45) is -3.57. The van der Waals surface area contributed by atoms with Gasteiger partial charge >= 0.3 is 12.1 Å². The van der Waals surface area contributed by atoms with Crippen molar-refractivity contribution in [2.24, 2.45) is 0 Å². The van der Waals surface area contributed by atoms with Crippen LogP contribution in [0.15, 0.2) is 58.3 Å². The van der Waals surface area contributed by atoms with Crippen LogP contribution in [0.1, 0.15) is 39.2 Å². The van der Waals surface area contributed by atoms with Gasteiger partial charge in [-0.05, 0) is 44.9 Å². The van der Waals surface area contributed by atoms with Crippen molar-refractivity contribution in [2.45, 2.75) is 45.8 Å². The molecule has 0 spiro atoms. The maximum absolute atomic E-state index is 12.7. The van der Waals surface area contributed by atoms with Crippen molar-refractivity contribution < 1.29 is 36.0 Å². The van der Waals surface area contributed by atoms with Crippen molar-refractivity contribution in [3.63, 3.8) is 0 Å². The van der Waals surface area contributed by atoms with E-state index in [0.717, 1.165) is 5.41 Å². The maximum atomic E-state index is 12.7. The van der Waals surface area contributed by atoms with Gasteiger partial charge in [0.15, 0.2) is 6.61 Å². The van der Waals surface area contributed by atoms with Gasteiger partial charge in [-0.15, -0.1) is 0 Å². The molecule has 0 aromatic heterocycles. The largest absolute Gasteiger partial charge is 0.453 e. The van der Waals surface area contributed by atoms with E-state index in [0.29, 0.717) is 5.70 Å². The molecule has 2 rings (SSSR count). The van der Waals surface area contributed by atoms with Crippen molar-refractivity contribution in [2.75, 3.05) is 6.61 Å². The highest BCUT2D eigenvalue weighted by Gasteiger charge is 2.36. The smallest absolute Gasteiger partial charge is 0.422 e. The van der Waals surface area contributed by atoms with Gasteiger partial charge in [-0.3, -0.25) is 10.1 Å². The second-order valence-corrected chi connectivity index (χ2v) is 9.44. The minimum Gasteiger partial charge on any atom is -0.453 e. The molecular weight excluding hydrogens is 479 g/mol. The van der Waals surface area contributed by atoms with Crippen LogP contribution in [0.5, 0.6) is 0 Å². The van der Waals surface area contributed by atoms with E-state index in [-0.39, 0.29) is 28.1 Å². The zero-order chi connectivity index (χ0) is 25.8. The van der Waals surface area contributed by atoms with Gasteiger partial charge in [-0.2, -0.15) is 13.2 Å². The Kier molecular flexibility index (Phi) is 8.26. The lowest BCUT2D eigenvalue weighted by Gasteiger charge is -2.30. The van der Waals surface area contributed by atoms with Gasteiger partial charge in [0.25, 0.3) is 5.69 Å². The number of esters is 1. The third-order valence-electron chi connectivity index (χ3n) is 4.64. The third-order valence-corrected chi connectivity index (χ3v) is 5.93. The summed E-state index contributed by atoms with van der Waals surface area (Å²) in [5.74, 6) is -2.42. The number of dihydropyridines is 1. The second kappa shape index (κ2) is 10.4. The Hall–Kier alpha value is -3.19. The average molecular weight is 503 g/mol. The fourth-order valence-electron chi connectivity index (χ4n) is 3.42. The number of ether oxygens (including phenoxy) is 1. The molecule has 34 heavy (non-hydrogen) atoms. The van der Waals surface area contributed by atoms with Gasteiger partial charge < -0.3 is 10.1 Å². The molecule has 1 atom stereocenters. The van der Waals surface area contributed by atoms with E-state index in [2.05, 4.69) is 14.8 Å². The fourth-order valence-corrected chi connectivity index (χ4v) is 4.48. The number of non-ortho nitro benzene ring substituents is 1. The first-order valence-electron chi connectivity index (χ1n) is 9.98. The van der Waals surface area contributed by atoms with Crippen molar-refractivity contribution in [1.29, 1.82) is 0 Å². The molecule has 1 aromatic carbocycles. The molecule has 2 N–H and O–H groups in total. The van der Waals surface area contributed by atoms with E-state index >= 15 is 0 Å². The molecule has 1 aliphatic rings. The zero-order valence-corrected chi connectivity index (χ0v) is 19.6. The SMILES string of the molecule is CC1=C(/C=C/S(=O)(=O)NC(C)C)C(c2cccc([N+](=O)[O-])c2)C(C(=O)OCC(F)(F)F)=C(C)N1. The van der Waals surface area contributed by atoms with Gasteiger partial charge in [0.05, 0.1) is 10.5 Å². The number of nitrogens with zero attached hydrogens (tertiary/aromatic N) is 1. The lowest BCUT2D eigenvalue weighted by Crippen LogP contribution is -2.31. The third kappa shape index (κ3) is 7.15. The standard InChI is InChI=1S/C21H24F3N3O6S/c1-12(2)26-34(31,32)9-8-17-13(3)25-14(4)18(20(28)33-11-21(22,23)24)19(17)15-6-5-7-16(10-15)27(29)30/h5-10,12,19,25-26H,11H2,1-4H3/b9-8+. The van der Waals surface area contributed by atoms with Crippen LogP contribution in [0.25, 0.3) is 0 Å². The van der Waals surface area contributed by atoms with Crippen molar-refractivity contribution in [3.8, 4) is 0 Å². The summed E-state index contributed by atoms with van der Waals surface area (Å²) in [5, 5.41) is 15.0. The minimum atomic E-state index is -4.77. The average Bonchev–Trinajstić information content (AvgIpc) is 2.69. The van der Waals surface area contributed by atoms with Crippen molar-refractivity contribution >= 4 is 21.7 Å². The number of allylic oxidation sites excluding steroid dienone is 4. The first-order chi connectivity index (χ1) is 15.6. The second-order valence-electron chi connectivity index (χ2n) is 7.84. The first kappa shape index (κ1) is 27.1. The molecular formula is C21H24F3N3O6S. The number of rotatable bonds is 8. The first-order valence-corrected chi connectivity index (χ1v) is 11.5. The summed E-state index contributed by atoms with van der Waals surface area (Å²) in [4.78, 5) is 23.3. The Morgan fingerprint density at radius 1 is 1.29 bits per heavy atom. The van der Waals surface area contributed by atoms with Gasteiger partial charge in [0.2, 0.25) is 10.0 Å². The van der Waals surface area contributed by atoms with Gasteiger partial charge in [0.1, 0.15) is 0 Å². The van der Waals surface area contributed by atoms with Gasteiger partial charge in [-0.25, -0.2) is 17.9 Å². The summed E-state index contributed by atoms with van der Waals surface area (Å²) >= 11 is 0. The summed E-state index contributed by atoms with van der Waals surface area (Å²) < 4.78 is 69.4. The number of sulfonamides is 1. The van der Waals surface area contributed by atoms with Crippen LogP contribution in [-0.2, 0) is 19.6 Å². The van der Waals surface area contributed by atoms with Gasteiger partial charge in [0, 0.05) is 40.9 Å². The van der Waals surface area contributed by atoms with E-state index in [1.54, 1.807) is 20.8 Å². The van der Waals surface area contributed by atoms with Crippen LogP contribution in [0.3, 0.4) is 0 Å². The van der Waals surface area contributed by atoms with Crippen LogP contribution in [0.4, 0.5) is 18.9 Å². The maximum Gasteiger partial charge on any atom is 0.422 e. The number of nitro groups is 1. The van der Waals surface area contributed by atoms with Crippen molar-refractivity contribution in [1.82, 2.24) is 10.0 Å². The molecule has 0 radical (unpaired) electrons. The number of carbonyl (C=O) groups is 1. The quantitative estimate of drug-likeness (QED) is 0.314. The number of hydrogen-bond donors (Lipinski definition) is 2. The van der Waals surface area contributed by atoms with E-state index in [9.17, 15) is 36.5 Å². The molecule has 0 bridgehead atoms. The molecule has 13 heteroatoms. The molecule has 1 aromatic rings. The predicted molar refractivity (Wildman–Crippen MR) is 118 cm³/mol. The van der Waals surface area contributed by atoms with Crippen LogP contribution in [0.2, 0.25) is 0 Å². The number of nitrogens with one attached hydrogen (secondary N) is 2. The van der Waals surface area contributed by atoms with E-state index in [4.69, 9.17) is 0 Å². The predicted octanol–water partition coefficient (Wildman–Crippen LogP) is 3.78. The Balaban J connectivity index is 2.64. The Morgan fingerprint density at radius 3 is 2.50 bits per heavy atom. The lowest BCUT2D eigenvalue weighted by molar-refractivity contribution is -0.384. The van der Waals surface area contributed by atoms with Crippen LogP contribution in [-0.4, -0.2) is 38.1 Å². The zero-order valence-electron chi connectivity index (χ0n) is 18.8. The molecule has 9 nitrogen and oxygen atoms in total. The molecule has 1 heterocycles. The topological polar surface area (TPSA) is 128 Å². The Morgan fingerprint density at radius 2 is 1.94 bits per heavy atom. The molecule has 0 saturated carbocycles. The summed E-state index contributed by atoms with van der Waals surface area (Å²) in [6, 6.07) is 4.79. The summed E-state index contributed by atoms with van der Waals surface area (Å²) in [5.41, 5.74) is 0.427. The normalized spacial score (nSPS) is 17.4. The van der Waals surface area contributed by atoms with Crippen LogP contribution >= 0.6 is 0 Å². The number of nitro benzene ring substituents is 1. The van der Waals surface area contributed by atoms with E-state index in [1.807, 2.05) is 0 Å². The van der Waals surface area contributed by atoms with E-state index < -0.39 is 45.7 Å². The number of benzene rings is 1. The highest BCUT2D eigenvalue weighted by atomic mass is 32.2. The molecule has 0 amide bonds. The number of alkyl halides is 3. The Labute approximate surface area is 194 Å². The van der Waals surface area contributed by atoms with Gasteiger partial charge in [-0.1, -0.05) is 12.1 Å². The molecule has 0 aliphatic carbocycles. The fraction of sp³-hybridized carbons (Fsp3) is 0.381. The van der Waals surface area contributed by atoms with E-state index in [1.165, 1.54) is 37.3 Å². The monoisotopic (exact) mass is 503 g/mol.